The first-order valence-corrected chi connectivity index (χ1v) is 10.2. The lowest BCUT2D eigenvalue weighted by atomic mass is 9.96. The zero-order valence-corrected chi connectivity index (χ0v) is 17.0. The molecule has 29 heavy (non-hydrogen) atoms. The topological polar surface area (TPSA) is 44.4 Å². The van der Waals surface area contributed by atoms with E-state index < -0.39 is 11.6 Å². The molecular formula is C23H29F2N3O. The Morgan fingerprint density at radius 3 is 2.38 bits per heavy atom. The van der Waals surface area contributed by atoms with Gasteiger partial charge >= 0.3 is 6.03 Å². The van der Waals surface area contributed by atoms with E-state index >= 15 is 0 Å². The number of hydrogen-bond acceptors (Lipinski definition) is 2. The van der Waals surface area contributed by atoms with Crippen molar-refractivity contribution in [3.63, 3.8) is 0 Å². The van der Waals surface area contributed by atoms with E-state index in [4.69, 9.17) is 0 Å². The predicted octanol–water partition coefficient (Wildman–Crippen LogP) is 4.63. The number of nitrogens with one attached hydrogen (secondary N) is 2. The first kappa shape index (κ1) is 21.2. The van der Waals surface area contributed by atoms with E-state index in [2.05, 4.69) is 29.4 Å². The van der Waals surface area contributed by atoms with Crippen LogP contribution in [0.4, 0.5) is 13.6 Å². The summed E-state index contributed by atoms with van der Waals surface area (Å²) in [6.07, 6.45) is 1.66. The first-order chi connectivity index (χ1) is 13.9. The van der Waals surface area contributed by atoms with Crippen LogP contribution in [0.5, 0.6) is 0 Å². The van der Waals surface area contributed by atoms with Crippen LogP contribution in [0.2, 0.25) is 0 Å². The molecule has 2 N–H and O–H groups in total. The molecule has 1 aliphatic rings. The Morgan fingerprint density at radius 1 is 1.07 bits per heavy atom. The molecule has 2 amide bonds. The molecular weight excluding hydrogens is 372 g/mol. The Morgan fingerprint density at radius 2 is 1.76 bits per heavy atom. The van der Waals surface area contributed by atoms with Gasteiger partial charge < -0.3 is 10.6 Å². The number of likely N-dealkylation sites (tertiary alicyclic amines) is 1. The van der Waals surface area contributed by atoms with Crippen molar-refractivity contribution in [2.24, 2.45) is 5.92 Å². The first-order valence-electron chi connectivity index (χ1n) is 10.2. The summed E-state index contributed by atoms with van der Waals surface area (Å²) in [5.74, 6) is -1.35. The molecule has 0 spiro atoms. The minimum Gasteiger partial charge on any atom is -0.335 e. The van der Waals surface area contributed by atoms with Gasteiger partial charge in [0.15, 0.2) is 11.6 Å². The lowest BCUT2D eigenvalue weighted by Crippen LogP contribution is -2.48. The van der Waals surface area contributed by atoms with Crippen molar-refractivity contribution in [3.05, 3.63) is 71.3 Å². The molecule has 4 nitrogen and oxygen atoms in total. The van der Waals surface area contributed by atoms with Crippen LogP contribution in [0, 0.1) is 17.6 Å². The molecule has 156 valence electrons. The fourth-order valence-corrected chi connectivity index (χ4v) is 3.80. The minimum absolute atomic E-state index is 0.0374. The van der Waals surface area contributed by atoms with Crippen LogP contribution in [-0.2, 0) is 6.54 Å². The average Bonchev–Trinajstić information content (AvgIpc) is 2.71. The van der Waals surface area contributed by atoms with Crippen LogP contribution in [0.3, 0.4) is 0 Å². The summed E-state index contributed by atoms with van der Waals surface area (Å²) in [7, 11) is 0. The highest BCUT2D eigenvalue weighted by Gasteiger charge is 2.23. The van der Waals surface area contributed by atoms with Crippen LogP contribution < -0.4 is 10.6 Å². The summed E-state index contributed by atoms with van der Waals surface area (Å²) in [6.45, 7) is 6.37. The number of carbonyl (C=O) groups is 1. The Balaban J connectivity index is 1.47. The quantitative estimate of drug-likeness (QED) is 0.742. The number of rotatable bonds is 6. The molecule has 3 rings (SSSR count). The van der Waals surface area contributed by atoms with Gasteiger partial charge in [-0.1, -0.05) is 50.2 Å². The van der Waals surface area contributed by atoms with Gasteiger partial charge in [0.05, 0.1) is 6.04 Å². The Bertz CT molecular complexity index is 805. The van der Waals surface area contributed by atoms with Crippen LogP contribution in [0.1, 0.15) is 43.9 Å². The number of piperidine rings is 1. The van der Waals surface area contributed by atoms with Crippen LogP contribution in [-0.4, -0.2) is 30.1 Å². The van der Waals surface area contributed by atoms with E-state index in [-0.39, 0.29) is 24.0 Å². The van der Waals surface area contributed by atoms with Crippen molar-refractivity contribution in [1.29, 1.82) is 0 Å². The lowest BCUT2D eigenvalue weighted by Gasteiger charge is -2.33. The molecule has 2 aromatic rings. The third-order valence-electron chi connectivity index (χ3n) is 5.42. The summed E-state index contributed by atoms with van der Waals surface area (Å²) in [6, 6.07) is 13.9. The van der Waals surface area contributed by atoms with Gasteiger partial charge in [0, 0.05) is 25.7 Å². The molecule has 0 bridgehead atoms. The van der Waals surface area contributed by atoms with E-state index in [1.54, 1.807) is 6.07 Å². The number of carbonyl (C=O) groups excluding carboxylic acids is 1. The van der Waals surface area contributed by atoms with E-state index in [1.165, 1.54) is 12.1 Å². The fraction of sp³-hybridized carbons (Fsp3) is 0.435. The smallest absolute Gasteiger partial charge is 0.315 e. The van der Waals surface area contributed by atoms with E-state index in [1.807, 2.05) is 30.3 Å². The van der Waals surface area contributed by atoms with Gasteiger partial charge in [-0.2, -0.15) is 0 Å². The number of benzene rings is 2. The third kappa shape index (κ3) is 6.00. The van der Waals surface area contributed by atoms with Gasteiger partial charge in [0.1, 0.15) is 0 Å². The van der Waals surface area contributed by atoms with Crippen LogP contribution in [0.25, 0.3) is 0 Å². The lowest BCUT2D eigenvalue weighted by molar-refractivity contribution is 0.184. The van der Waals surface area contributed by atoms with E-state index in [9.17, 15) is 13.6 Å². The van der Waals surface area contributed by atoms with E-state index in [0.717, 1.165) is 37.1 Å². The molecule has 1 unspecified atom stereocenters. The van der Waals surface area contributed by atoms with Gasteiger partial charge in [-0.3, -0.25) is 4.90 Å². The maximum absolute atomic E-state index is 13.4. The van der Waals surface area contributed by atoms with Gasteiger partial charge in [0.2, 0.25) is 0 Å². The molecule has 1 saturated heterocycles. The van der Waals surface area contributed by atoms with Crippen molar-refractivity contribution >= 4 is 6.03 Å². The second-order valence-electron chi connectivity index (χ2n) is 8.05. The van der Waals surface area contributed by atoms with Gasteiger partial charge in [-0.05, 0) is 42.0 Å². The van der Waals surface area contributed by atoms with Crippen molar-refractivity contribution in [2.75, 3.05) is 13.1 Å². The Hall–Kier alpha value is -2.47. The molecule has 1 atom stereocenters. The van der Waals surface area contributed by atoms with E-state index in [0.29, 0.717) is 6.54 Å². The van der Waals surface area contributed by atoms with Crippen molar-refractivity contribution in [1.82, 2.24) is 15.5 Å². The predicted molar refractivity (Wildman–Crippen MR) is 110 cm³/mol. The zero-order chi connectivity index (χ0) is 20.8. The Kier molecular flexibility index (Phi) is 7.20. The summed E-state index contributed by atoms with van der Waals surface area (Å²) in [5.41, 5.74) is 1.86. The SMILES string of the molecule is CC(C)C(NC(=O)NC1CCN(Cc2ccc(F)c(F)c2)CC1)c1ccccc1. The summed E-state index contributed by atoms with van der Waals surface area (Å²) >= 11 is 0. The monoisotopic (exact) mass is 401 g/mol. The van der Waals surface area contributed by atoms with Crippen LogP contribution >= 0.6 is 0 Å². The van der Waals surface area contributed by atoms with Gasteiger partial charge in [-0.25, -0.2) is 13.6 Å². The normalized spacial score (nSPS) is 16.6. The molecule has 0 aliphatic carbocycles. The number of amides is 2. The maximum atomic E-state index is 13.4. The summed E-state index contributed by atoms with van der Waals surface area (Å²) in [4.78, 5) is 14.7. The average molecular weight is 402 g/mol. The number of hydrogen-bond donors (Lipinski definition) is 2. The highest BCUT2D eigenvalue weighted by molar-refractivity contribution is 5.74. The fourth-order valence-electron chi connectivity index (χ4n) is 3.80. The molecule has 1 heterocycles. The highest BCUT2D eigenvalue weighted by Crippen LogP contribution is 2.21. The second-order valence-corrected chi connectivity index (χ2v) is 8.05. The molecule has 2 aromatic carbocycles. The van der Waals surface area contributed by atoms with Crippen molar-refractivity contribution < 1.29 is 13.6 Å². The minimum atomic E-state index is -0.821. The maximum Gasteiger partial charge on any atom is 0.315 e. The molecule has 6 heteroatoms. The number of nitrogens with zero attached hydrogens (tertiary/aromatic N) is 1. The standard InChI is InChI=1S/C23H29F2N3O/c1-16(2)22(18-6-4-3-5-7-18)27-23(29)26-19-10-12-28(13-11-19)15-17-8-9-20(24)21(25)14-17/h3-9,14,16,19,22H,10-13,15H2,1-2H3,(H2,26,27,29). The molecule has 1 aliphatic heterocycles. The second kappa shape index (κ2) is 9.83. The molecule has 0 aromatic heterocycles. The third-order valence-corrected chi connectivity index (χ3v) is 5.42. The number of urea groups is 1. The largest absolute Gasteiger partial charge is 0.335 e. The van der Waals surface area contributed by atoms with Gasteiger partial charge in [0.25, 0.3) is 0 Å². The summed E-state index contributed by atoms with van der Waals surface area (Å²) in [5, 5.41) is 6.19. The Labute approximate surface area is 171 Å². The zero-order valence-electron chi connectivity index (χ0n) is 17.0. The summed E-state index contributed by atoms with van der Waals surface area (Å²) < 4.78 is 26.4. The van der Waals surface area contributed by atoms with Crippen molar-refractivity contribution in [2.45, 2.75) is 45.3 Å². The van der Waals surface area contributed by atoms with Crippen molar-refractivity contribution in [3.8, 4) is 0 Å². The molecule has 0 saturated carbocycles. The highest BCUT2D eigenvalue weighted by atomic mass is 19.2. The van der Waals surface area contributed by atoms with Gasteiger partial charge in [-0.15, -0.1) is 0 Å². The molecule has 0 radical (unpaired) electrons. The van der Waals surface area contributed by atoms with Crippen LogP contribution in [0.15, 0.2) is 48.5 Å². The molecule has 1 fully saturated rings. The number of halogens is 2.